The van der Waals surface area contributed by atoms with Crippen LogP contribution in [0.1, 0.15) is 47.0 Å². The van der Waals surface area contributed by atoms with Crippen LogP contribution in [-0.4, -0.2) is 48.1 Å². The molecular weight excluding hydrogens is 244 g/mol. The van der Waals surface area contributed by atoms with Crippen molar-refractivity contribution >= 4 is 11.8 Å². The average Bonchev–Trinajstić information content (AvgIpc) is 2.42. The van der Waals surface area contributed by atoms with Crippen molar-refractivity contribution in [1.82, 2.24) is 10.2 Å². The zero-order valence-corrected chi connectivity index (χ0v) is 12.5. The second kappa shape index (κ2) is 6.89. The normalized spacial score (nSPS) is 27.6. The number of amides is 2. The summed E-state index contributed by atoms with van der Waals surface area (Å²) in [7, 11) is 0. The first-order valence-corrected chi connectivity index (χ1v) is 7.21. The Hall–Kier alpha value is -1.10. The first kappa shape index (κ1) is 16.0. The Morgan fingerprint density at radius 3 is 2.53 bits per heavy atom. The van der Waals surface area contributed by atoms with Crippen LogP contribution in [0.4, 0.5) is 0 Å². The lowest BCUT2D eigenvalue weighted by molar-refractivity contribution is -0.157. The van der Waals surface area contributed by atoms with Crippen LogP contribution in [0, 0.1) is 0 Å². The van der Waals surface area contributed by atoms with Crippen molar-refractivity contribution in [3.63, 3.8) is 0 Å². The maximum absolute atomic E-state index is 12.4. The Bertz CT molecular complexity index is 333. The van der Waals surface area contributed by atoms with E-state index in [2.05, 4.69) is 5.32 Å². The van der Waals surface area contributed by atoms with Gasteiger partial charge in [-0.3, -0.25) is 9.59 Å². The summed E-state index contributed by atoms with van der Waals surface area (Å²) in [5, 5.41) is 2.83. The fraction of sp³-hybridized carbons (Fsp3) is 0.857. The molecule has 1 saturated heterocycles. The van der Waals surface area contributed by atoms with E-state index >= 15 is 0 Å². The second-order valence-electron chi connectivity index (χ2n) is 5.10. The maximum atomic E-state index is 12.4. The van der Waals surface area contributed by atoms with Gasteiger partial charge in [-0.15, -0.1) is 0 Å². The number of ether oxygens (including phenoxy) is 1. The Morgan fingerprint density at radius 2 is 2.00 bits per heavy atom. The third-order valence-corrected chi connectivity index (χ3v) is 3.93. The molecule has 0 aromatic carbocycles. The highest BCUT2D eigenvalue weighted by Gasteiger charge is 2.47. The van der Waals surface area contributed by atoms with E-state index in [4.69, 9.17) is 4.74 Å². The van der Waals surface area contributed by atoms with E-state index in [9.17, 15) is 9.59 Å². The first-order valence-electron chi connectivity index (χ1n) is 7.21. The lowest BCUT2D eigenvalue weighted by atomic mass is 9.90. The lowest BCUT2D eigenvalue weighted by Gasteiger charge is -2.46. The molecule has 1 aliphatic heterocycles. The van der Waals surface area contributed by atoms with Gasteiger partial charge in [0.15, 0.2) is 0 Å². The molecule has 1 heterocycles. The predicted octanol–water partition coefficient (Wildman–Crippen LogP) is 1.32. The summed E-state index contributed by atoms with van der Waals surface area (Å²) < 4.78 is 5.30. The van der Waals surface area contributed by atoms with Gasteiger partial charge in [0.25, 0.3) is 0 Å². The number of nitrogens with one attached hydrogen (secondary N) is 1. The van der Waals surface area contributed by atoms with Crippen LogP contribution in [0.15, 0.2) is 0 Å². The van der Waals surface area contributed by atoms with E-state index in [1.54, 1.807) is 4.90 Å². The van der Waals surface area contributed by atoms with Crippen molar-refractivity contribution in [2.45, 2.75) is 58.5 Å². The van der Waals surface area contributed by atoms with Crippen LogP contribution in [0.3, 0.4) is 0 Å². The van der Waals surface area contributed by atoms with Crippen LogP contribution in [0.25, 0.3) is 0 Å². The Labute approximate surface area is 115 Å². The second-order valence-corrected chi connectivity index (χ2v) is 5.10. The minimum atomic E-state index is -0.727. The van der Waals surface area contributed by atoms with Gasteiger partial charge in [-0.05, 0) is 33.1 Å². The number of carbonyl (C=O) groups excluding carboxylic acids is 2. The molecule has 5 heteroatoms. The highest BCUT2D eigenvalue weighted by atomic mass is 16.5. The third-order valence-electron chi connectivity index (χ3n) is 3.93. The molecule has 1 rings (SSSR count). The Morgan fingerprint density at radius 1 is 1.32 bits per heavy atom. The molecule has 110 valence electrons. The highest BCUT2D eigenvalue weighted by Crippen LogP contribution is 2.26. The summed E-state index contributed by atoms with van der Waals surface area (Å²) >= 11 is 0. The summed E-state index contributed by atoms with van der Waals surface area (Å²) in [6.07, 6.45) is 2.01. The molecule has 2 atom stereocenters. The van der Waals surface area contributed by atoms with Crippen molar-refractivity contribution in [2.75, 3.05) is 19.8 Å². The van der Waals surface area contributed by atoms with E-state index in [0.717, 1.165) is 6.42 Å². The zero-order valence-electron chi connectivity index (χ0n) is 12.5. The molecule has 0 bridgehead atoms. The van der Waals surface area contributed by atoms with Gasteiger partial charge in [0, 0.05) is 19.8 Å². The fourth-order valence-electron chi connectivity index (χ4n) is 2.38. The van der Waals surface area contributed by atoms with E-state index < -0.39 is 5.54 Å². The van der Waals surface area contributed by atoms with E-state index in [1.807, 2.05) is 27.7 Å². The van der Waals surface area contributed by atoms with Crippen molar-refractivity contribution in [3.8, 4) is 0 Å². The van der Waals surface area contributed by atoms with Gasteiger partial charge in [0.05, 0.1) is 0 Å². The highest BCUT2D eigenvalue weighted by molar-refractivity contribution is 5.99. The molecule has 5 nitrogen and oxygen atoms in total. The molecule has 19 heavy (non-hydrogen) atoms. The average molecular weight is 270 g/mol. The number of hydrogen-bond acceptors (Lipinski definition) is 3. The molecule has 2 unspecified atom stereocenters. The van der Waals surface area contributed by atoms with Gasteiger partial charge in [-0.25, -0.2) is 0 Å². The zero-order chi connectivity index (χ0) is 14.5. The number of piperazine rings is 1. The van der Waals surface area contributed by atoms with Crippen LogP contribution >= 0.6 is 0 Å². The summed E-state index contributed by atoms with van der Waals surface area (Å²) in [6, 6.07) is -0.376. The lowest BCUT2D eigenvalue weighted by Crippen LogP contribution is -2.69. The van der Waals surface area contributed by atoms with Crippen molar-refractivity contribution < 1.29 is 14.3 Å². The molecule has 0 radical (unpaired) electrons. The van der Waals surface area contributed by atoms with Gasteiger partial charge < -0.3 is 15.0 Å². The summed E-state index contributed by atoms with van der Waals surface area (Å²) in [5.41, 5.74) is -0.727. The van der Waals surface area contributed by atoms with Gasteiger partial charge in [0.1, 0.15) is 11.6 Å². The Balaban J connectivity index is 2.78. The standard InChI is InChI=1S/C14H26N2O3/c1-5-11-12(17)16(9-8-10-19-7-3)14(4,6-2)13(18)15-11/h11H,5-10H2,1-4H3,(H,15,18). The third kappa shape index (κ3) is 3.26. The summed E-state index contributed by atoms with van der Waals surface area (Å²) in [6.45, 7) is 9.52. The Kier molecular flexibility index (Phi) is 5.79. The quantitative estimate of drug-likeness (QED) is 0.710. The molecule has 1 N–H and O–H groups in total. The van der Waals surface area contributed by atoms with Gasteiger partial charge in [0.2, 0.25) is 11.8 Å². The minimum absolute atomic E-state index is 0.0305. The van der Waals surface area contributed by atoms with E-state index in [-0.39, 0.29) is 17.9 Å². The number of hydrogen-bond donors (Lipinski definition) is 1. The predicted molar refractivity (Wildman–Crippen MR) is 73.7 cm³/mol. The van der Waals surface area contributed by atoms with Crippen LogP contribution in [0.5, 0.6) is 0 Å². The SMILES string of the molecule is CCOCCCN1C(=O)C(CC)NC(=O)C1(C)CC. The van der Waals surface area contributed by atoms with Crippen molar-refractivity contribution in [1.29, 1.82) is 0 Å². The largest absolute Gasteiger partial charge is 0.382 e. The molecule has 0 aliphatic carbocycles. The molecule has 1 fully saturated rings. The molecule has 0 aromatic heterocycles. The van der Waals surface area contributed by atoms with Crippen molar-refractivity contribution in [2.24, 2.45) is 0 Å². The molecule has 2 amide bonds. The van der Waals surface area contributed by atoms with Gasteiger partial charge >= 0.3 is 0 Å². The molecule has 1 aliphatic rings. The minimum Gasteiger partial charge on any atom is -0.382 e. The monoisotopic (exact) mass is 270 g/mol. The van der Waals surface area contributed by atoms with Crippen LogP contribution in [0.2, 0.25) is 0 Å². The van der Waals surface area contributed by atoms with E-state index in [1.165, 1.54) is 0 Å². The number of nitrogens with zero attached hydrogens (tertiary/aromatic N) is 1. The van der Waals surface area contributed by atoms with Crippen LogP contribution in [-0.2, 0) is 14.3 Å². The van der Waals surface area contributed by atoms with Gasteiger partial charge in [-0.2, -0.15) is 0 Å². The smallest absolute Gasteiger partial charge is 0.246 e. The molecular formula is C14H26N2O3. The summed E-state index contributed by atoms with van der Waals surface area (Å²) in [5.74, 6) is -0.0131. The number of rotatable bonds is 7. The van der Waals surface area contributed by atoms with E-state index in [0.29, 0.717) is 32.6 Å². The van der Waals surface area contributed by atoms with Crippen molar-refractivity contribution in [3.05, 3.63) is 0 Å². The van der Waals surface area contributed by atoms with Gasteiger partial charge in [-0.1, -0.05) is 13.8 Å². The topological polar surface area (TPSA) is 58.6 Å². The van der Waals surface area contributed by atoms with Crippen LogP contribution < -0.4 is 5.32 Å². The maximum Gasteiger partial charge on any atom is 0.246 e. The summed E-state index contributed by atoms with van der Waals surface area (Å²) in [4.78, 5) is 26.4. The first-order chi connectivity index (χ1) is 9.01. The number of carbonyl (C=O) groups is 2. The fourth-order valence-corrected chi connectivity index (χ4v) is 2.38. The molecule has 0 saturated carbocycles. The molecule has 0 aromatic rings. The molecule has 0 spiro atoms.